The van der Waals surface area contributed by atoms with E-state index in [0.717, 1.165) is 19.6 Å². The minimum atomic E-state index is 0. The molecule has 1 N–H and O–H groups in total. The highest BCUT2D eigenvalue weighted by atomic mass is 35.5. The topological polar surface area (TPSA) is 60.6 Å². The van der Waals surface area contributed by atoms with Crippen LogP contribution in [0.25, 0.3) is 0 Å². The van der Waals surface area contributed by atoms with Crippen molar-refractivity contribution in [3.8, 4) is 0 Å². The molecule has 0 saturated carbocycles. The highest BCUT2D eigenvalue weighted by molar-refractivity contribution is 5.85. The van der Waals surface area contributed by atoms with Crippen LogP contribution in [0.2, 0.25) is 0 Å². The monoisotopic (exact) mass is 318 g/mol. The zero-order valence-corrected chi connectivity index (χ0v) is 13.2. The predicted molar refractivity (Wildman–Crippen MR) is 86.6 cm³/mol. The van der Waals surface area contributed by atoms with Crippen LogP contribution in [-0.4, -0.2) is 24.5 Å². The van der Waals surface area contributed by atoms with E-state index in [1.807, 2.05) is 28.8 Å². The molecule has 0 atom stereocenters. The molecule has 0 radical (unpaired) electrons. The number of hydrogen-bond donors (Lipinski definition) is 1. The molecule has 22 heavy (non-hydrogen) atoms. The van der Waals surface area contributed by atoms with E-state index in [9.17, 15) is 0 Å². The summed E-state index contributed by atoms with van der Waals surface area (Å²) in [6.45, 7) is 2.40. The lowest BCUT2D eigenvalue weighted by Crippen LogP contribution is -2.12. The van der Waals surface area contributed by atoms with Gasteiger partial charge in [-0.05, 0) is 11.1 Å². The van der Waals surface area contributed by atoms with Gasteiger partial charge in [-0.25, -0.2) is 9.67 Å². The molecule has 2 aromatic heterocycles. The highest BCUT2D eigenvalue weighted by Crippen LogP contribution is 2.07. The molecule has 3 aromatic rings. The maximum atomic E-state index is 4.16. The number of aromatic nitrogens is 5. The first-order chi connectivity index (χ1) is 10.3. The van der Waals surface area contributed by atoms with E-state index in [0.29, 0.717) is 0 Å². The van der Waals surface area contributed by atoms with Crippen molar-refractivity contribution in [3.63, 3.8) is 0 Å². The van der Waals surface area contributed by atoms with E-state index >= 15 is 0 Å². The largest absolute Gasteiger partial charge is 0.309 e. The van der Waals surface area contributed by atoms with Crippen molar-refractivity contribution in [2.45, 2.75) is 19.6 Å². The number of nitrogens with zero attached hydrogens (tertiary/aromatic N) is 5. The average Bonchev–Trinajstić information content (AvgIpc) is 3.11. The summed E-state index contributed by atoms with van der Waals surface area (Å²) >= 11 is 0. The van der Waals surface area contributed by atoms with Crippen LogP contribution < -0.4 is 5.32 Å². The molecule has 0 saturated heterocycles. The summed E-state index contributed by atoms with van der Waals surface area (Å²) in [7, 11) is 1.93. The van der Waals surface area contributed by atoms with E-state index in [-0.39, 0.29) is 12.4 Å². The normalized spacial score (nSPS) is 10.4. The lowest BCUT2D eigenvalue weighted by Gasteiger charge is -2.06. The lowest BCUT2D eigenvalue weighted by molar-refractivity contribution is 0.675. The van der Waals surface area contributed by atoms with E-state index in [1.165, 1.54) is 16.7 Å². The molecule has 7 heteroatoms. The van der Waals surface area contributed by atoms with Crippen LogP contribution in [0.15, 0.2) is 49.3 Å². The summed E-state index contributed by atoms with van der Waals surface area (Å²) in [5.41, 5.74) is 3.67. The van der Waals surface area contributed by atoms with Crippen LogP contribution in [-0.2, 0) is 26.7 Å². The molecule has 1 aromatic carbocycles. The number of halogens is 1. The fourth-order valence-electron chi connectivity index (χ4n) is 2.25. The van der Waals surface area contributed by atoms with Gasteiger partial charge in [0.1, 0.15) is 12.7 Å². The summed E-state index contributed by atoms with van der Waals surface area (Å²) in [5.74, 6) is 0. The van der Waals surface area contributed by atoms with Crippen LogP contribution >= 0.6 is 12.4 Å². The third-order valence-corrected chi connectivity index (χ3v) is 3.22. The van der Waals surface area contributed by atoms with Crippen LogP contribution in [0.3, 0.4) is 0 Å². The number of rotatable bonds is 6. The Hall–Kier alpha value is -2.18. The third kappa shape index (κ3) is 4.41. The Balaban J connectivity index is 0.00000176. The van der Waals surface area contributed by atoms with E-state index < -0.39 is 0 Å². The Morgan fingerprint density at radius 1 is 1.09 bits per heavy atom. The summed E-state index contributed by atoms with van der Waals surface area (Å²) in [6, 6.07) is 8.50. The minimum Gasteiger partial charge on any atom is -0.309 e. The van der Waals surface area contributed by atoms with E-state index in [1.54, 1.807) is 12.7 Å². The van der Waals surface area contributed by atoms with Gasteiger partial charge in [0.25, 0.3) is 0 Å². The van der Waals surface area contributed by atoms with Crippen LogP contribution in [0.1, 0.15) is 16.7 Å². The van der Waals surface area contributed by atoms with Gasteiger partial charge in [0.05, 0.1) is 12.7 Å². The molecule has 0 unspecified atom stereocenters. The van der Waals surface area contributed by atoms with Gasteiger partial charge in [0.2, 0.25) is 0 Å². The second-order valence-electron chi connectivity index (χ2n) is 5.04. The zero-order chi connectivity index (χ0) is 14.5. The maximum absolute atomic E-state index is 4.16. The van der Waals surface area contributed by atoms with Crippen LogP contribution in [0.4, 0.5) is 0 Å². The van der Waals surface area contributed by atoms with Gasteiger partial charge in [-0.1, -0.05) is 24.3 Å². The molecule has 0 aliphatic rings. The Morgan fingerprint density at radius 2 is 1.91 bits per heavy atom. The molecular weight excluding hydrogens is 300 g/mol. The van der Waals surface area contributed by atoms with Crippen molar-refractivity contribution in [3.05, 3.63) is 66.0 Å². The van der Waals surface area contributed by atoms with E-state index in [2.05, 4.69) is 44.8 Å². The highest BCUT2D eigenvalue weighted by Gasteiger charge is 2.00. The van der Waals surface area contributed by atoms with Gasteiger partial charge in [0, 0.05) is 31.9 Å². The second-order valence-corrected chi connectivity index (χ2v) is 5.04. The summed E-state index contributed by atoms with van der Waals surface area (Å²) in [6.07, 6.45) is 7.19. The first-order valence-electron chi connectivity index (χ1n) is 6.88. The molecule has 116 valence electrons. The smallest absolute Gasteiger partial charge is 0.137 e. The second kappa shape index (κ2) is 7.72. The van der Waals surface area contributed by atoms with Crippen molar-refractivity contribution in [1.82, 2.24) is 29.9 Å². The fraction of sp³-hybridized carbons (Fsp3) is 0.267. The van der Waals surface area contributed by atoms with E-state index in [4.69, 9.17) is 0 Å². The number of nitrogens with one attached hydrogen (secondary N) is 1. The predicted octanol–water partition coefficient (Wildman–Crippen LogP) is 1.77. The van der Waals surface area contributed by atoms with Crippen molar-refractivity contribution < 1.29 is 0 Å². The summed E-state index contributed by atoms with van der Waals surface area (Å²) < 4.78 is 3.64. The quantitative estimate of drug-likeness (QED) is 0.752. The first-order valence-corrected chi connectivity index (χ1v) is 6.88. The average molecular weight is 319 g/mol. The van der Waals surface area contributed by atoms with Crippen LogP contribution in [0.5, 0.6) is 0 Å². The molecule has 6 nitrogen and oxygen atoms in total. The molecule has 2 heterocycles. The van der Waals surface area contributed by atoms with Crippen LogP contribution in [0, 0.1) is 0 Å². The molecule has 0 bridgehead atoms. The summed E-state index contributed by atoms with van der Waals surface area (Å²) in [4.78, 5) is 3.96. The first kappa shape index (κ1) is 16.2. The van der Waals surface area contributed by atoms with Gasteiger partial charge >= 0.3 is 0 Å². The Labute approximate surface area is 135 Å². The van der Waals surface area contributed by atoms with Crippen molar-refractivity contribution in [2.75, 3.05) is 0 Å². The number of benzene rings is 1. The van der Waals surface area contributed by atoms with Gasteiger partial charge in [0.15, 0.2) is 0 Å². The van der Waals surface area contributed by atoms with Gasteiger partial charge in [-0.15, -0.1) is 12.4 Å². The van der Waals surface area contributed by atoms with Gasteiger partial charge in [-0.3, -0.25) is 4.68 Å². The number of hydrogen-bond acceptors (Lipinski definition) is 4. The molecule has 0 aliphatic heterocycles. The van der Waals surface area contributed by atoms with Gasteiger partial charge in [-0.2, -0.15) is 10.2 Å². The minimum absolute atomic E-state index is 0. The Kier molecular flexibility index (Phi) is 5.68. The molecule has 0 aliphatic carbocycles. The van der Waals surface area contributed by atoms with Crippen molar-refractivity contribution in [1.29, 1.82) is 0 Å². The molecule has 0 fully saturated rings. The lowest BCUT2D eigenvalue weighted by atomic mass is 10.1. The zero-order valence-electron chi connectivity index (χ0n) is 12.4. The fourth-order valence-corrected chi connectivity index (χ4v) is 2.25. The maximum Gasteiger partial charge on any atom is 0.137 e. The third-order valence-electron chi connectivity index (χ3n) is 3.22. The SMILES string of the molecule is Cl.Cn1cc(CNCc2cccc(Cn3cncn3)c2)cn1. The summed E-state index contributed by atoms with van der Waals surface area (Å²) in [5, 5.41) is 11.7. The molecule has 3 rings (SSSR count). The Morgan fingerprint density at radius 3 is 2.64 bits per heavy atom. The van der Waals surface area contributed by atoms with Gasteiger partial charge < -0.3 is 5.32 Å². The number of aryl methyl sites for hydroxylation is 1. The Bertz CT molecular complexity index is 692. The van der Waals surface area contributed by atoms with Crippen molar-refractivity contribution >= 4 is 12.4 Å². The van der Waals surface area contributed by atoms with Crippen molar-refractivity contribution in [2.24, 2.45) is 7.05 Å². The molecule has 0 amide bonds. The molecule has 0 spiro atoms. The standard InChI is InChI=1S/C15H18N6.ClH/c1-20-9-15(8-18-20)7-16-6-13-3-2-4-14(5-13)10-21-12-17-11-19-21;/h2-5,8-9,11-12,16H,6-7,10H2,1H3;1H. The molecular formula is C15H19ClN6.